The Balaban J connectivity index is 1.73. The van der Waals surface area contributed by atoms with Gasteiger partial charge in [-0.3, -0.25) is 4.79 Å². The quantitative estimate of drug-likeness (QED) is 0.867. The van der Waals surface area contributed by atoms with E-state index in [0.717, 1.165) is 15.6 Å². The maximum Gasteiger partial charge on any atom is 0.239 e. The second-order valence-corrected chi connectivity index (χ2v) is 5.16. The third-order valence-electron chi connectivity index (χ3n) is 2.36. The van der Waals surface area contributed by atoms with Gasteiger partial charge in [0, 0.05) is 16.8 Å². The summed E-state index contributed by atoms with van der Waals surface area (Å²) in [6.07, 6.45) is 1.80. The van der Waals surface area contributed by atoms with E-state index in [1.807, 2.05) is 37.3 Å². The van der Waals surface area contributed by atoms with Crippen LogP contribution in [0, 0.1) is 6.92 Å². The van der Waals surface area contributed by atoms with Crippen LogP contribution in [0.2, 0.25) is 0 Å². The first-order valence-electron chi connectivity index (χ1n) is 5.71. The molecule has 0 radical (unpaired) electrons. The van der Waals surface area contributed by atoms with Gasteiger partial charge in [0.25, 0.3) is 0 Å². The molecular formula is C13H15N3OS. The maximum atomic E-state index is 11.6. The smallest absolute Gasteiger partial charge is 0.239 e. The number of nitrogens with zero attached hydrogens (tertiary/aromatic N) is 1. The molecule has 94 valence electrons. The number of hydrogen-bond donors (Lipinski definition) is 2. The second-order valence-electron chi connectivity index (χ2n) is 3.84. The minimum absolute atomic E-state index is 0.0232. The summed E-state index contributed by atoms with van der Waals surface area (Å²) in [5, 5.41) is 6.93. The fraction of sp³-hybridized carbons (Fsp3) is 0.231. The van der Waals surface area contributed by atoms with Gasteiger partial charge in [0.1, 0.15) is 0 Å². The largest absolute Gasteiger partial charge is 0.376 e. The molecule has 0 aliphatic carbocycles. The lowest BCUT2D eigenvalue weighted by atomic mass is 10.3. The molecule has 0 bridgehead atoms. The Hall–Kier alpha value is -1.88. The van der Waals surface area contributed by atoms with Gasteiger partial charge < -0.3 is 10.6 Å². The highest BCUT2D eigenvalue weighted by Crippen LogP contribution is 2.10. The Kier molecular flexibility index (Phi) is 4.30. The van der Waals surface area contributed by atoms with Crippen LogP contribution in [0.3, 0.4) is 0 Å². The molecule has 1 aromatic carbocycles. The van der Waals surface area contributed by atoms with E-state index in [1.165, 1.54) is 0 Å². The van der Waals surface area contributed by atoms with Crippen LogP contribution in [0.1, 0.15) is 9.88 Å². The highest BCUT2D eigenvalue weighted by molar-refractivity contribution is 7.11. The molecule has 4 nitrogen and oxygen atoms in total. The van der Waals surface area contributed by atoms with Crippen LogP contribution >= 0.6 is 11.3 Å². The van der Waals surface area contributed by atoms with Gasteiger partial charge in [0.15, 0.2) is 0 Å². The molecule has 0 spiro atoms. The predicted molar refractivity (Wildman–Crippen MR) is 73.6 cm³/mol. The molecule has 0 saturated heterocycles. The van der Waals surface area contributed by atoms with Crippen LogP contribution in [0.5, 0.6) is 0 Å². The number of carbonyl (C=O) groups is 1. The number of aryl methyl sites for hydroxylation is 1. The number of amides is 1. The zero-order valence-electron chi connectivity index (χ0n) is 10.1. The van der Waals surface area contributed by atoms with Gasteiger partial charge in [-0.25, -0.2) is 4.98 Å². The molecule has 2 N–H and O–H groups in total. The van der Waals surface area contributed by atoms with Crippen molar-refractivity contribution in [3.05, 3.63) is 46.4 Å². The second kappa shape index (κ2) is 6.16. The van der Waals surface area contributed by atoms with E-state index in [9.17, 15) is 4.79 Å². The van der Waals surface area contributed by atoms with E-state index in [-0.39, 0.29) is 12.5 Å². The fourth-order valence-electron chi connectivity index (χ4n) is 1.47. The number of thiazole rings is 1. The van der Waals surface area contributed by atoms with E-state index < -0.39 is 0 Å². The first-order valence-corrected chi connectivity index (χ1v) is 6.52. The topological polar surface area (TPSA) is 54.0 Å². The lowest BCUT2D eigenvalue weighted by Crippen LogP contribution is -2.29. The van der Waals surface area contributed by atoms with Crippen molar-refractivity contribution in [2.45, 2.75) is 13.5 Å². The molecule has 0 aliphatic heterocycles. The summed E-state index contributed by atoms with van der Waals surface area (Å²) in [6.45, 7) is 2.77. The van der Waals surface area contributed by atoms with Crippen molar-refractivity contribution < 1.29 is 4.79 Å². The lowest BCUT2D eigenvalue weighted by molar-refractivity contribution is -0.119. The van der Waals surface area contributed by atoms with E-state index in [1.54, 1.807) is 17.5 Å². The van der Waals surface area contributed by atoms with E-state index in [4.69, 9.17) is 0 Å². The van der Waals surface area contributed by atoms with Crippen LogP contribution < -0.4 is 10.6 Å². The number of anilines is 1. The number of carbonyl (C=O) groups excluding carboxylic acids is 1. The first-order chi connectivity index (χ1) is 8.74. The van der Waals surface area contributed by atoms with Gasteiger partial charge >= 0.3 is 0 Å². The van der Waals surface area contributed by atoms with Crippen LogP contribution in [0.15, 0.2) is 36.5 Å². The third-order valence-corrected chi connectivity index (χ3v) is 3.27. The number of para-hydroxylation sites is 1. The van der Waals surface area contributed by atoms with Gasteiger partial charge in [-0.05, 0) is 19.1 Å². The van der Waals surface area contributed by atoms with Crippen molar-refractivity contribution in [2.24, 2.45) is 0 Å². The Morgan fingerprint density at radius 3 is 2.78 bits per heavy atom. The Labute approximate surface area is 110 Å². The van der Waals surface area contributed by atoms with Crippen molar-refractivity contribution in [2.75, 3.05) is 11.9 Å². The molecule has 0 fully saturated rings. The Morgan fingerprint density at radius 2 is 2.11 bits per heavy atom. The summed E-state index contributed by atoms with van der Waals surface area (Å²) in [4.78, 5) is 16.8. The number of nitrogens with one attached hydrogen (secondary N) is 2. The SMILES string of the molecule is Cc1ncc(CNC(=O)CNc2ccccc2)s1. The van der Waals surface area contributed by atoms with Gasteiger partial charge in [0.2, 0.25) is 5.91 Å². The number of hydrogen-bond acceptors (Lipinski definition) is 4. The summed E-state index contributed by atoms with van der Waals surface area (Å²) in [5.74, 6) is -0.0232. The molecule has 0 aliphatic rings. The Morgan fingerprint density at radius 1 is 1.33 bits per heavy atom. The van der Waals surface area contributed by atoms with E-state index >= 15 is 0 Å². The zero-order chi connectivity index (χ0) is 12.8. The maximum absolute atomic E-state index is 11.6. The van der Waals surface area contributed by atoms with Gasteiger partial charge in [0.05, 0.1) is 18.1 Å². The minimum Gasteiger partial charge on any atom is -0.376 e. The van der Waals surface area contributed by atoms with Crippen LogP contribution in [0.25, 0.3) is 0 Å². The summed E-state index contributed by atoms with van der Waals surface area (Å²) in [6, 6.07) is 9.66. The first kappa shape index (κ1) is 12.6. The average molecular weight is 261 g/mol. The number of aromatic nitrogens is 1. The number of rotatable bonds is 5. The van der Waals surface area contributed by atoms with Crippen molar-refractivity contribution in [1.29, 1.82) is 0 Å². The zero-order valence-corrected chi connectivity index (χ0v) is 11.0. The highest BCUT2D eigenvalue weighted by Gasteiger charge is 2.02. The average Bonchev–Trinajstić information content (AvgIpc) is 2.81. The summed E-state index contributed by atoms with van der Waals surface area (Å²) in [5.41, 5.74) is 0.946. The molecule has 2 rings (SSSR count). The lowest BCUT2D eigenvalue weighted by Gasteiger charge is -2.06. The minimum atomic E-state index is -0.0232. The van der Waals surface area contributed by atoms with Crippen LogP contribution in [0.4, 0.5) is 5.69 Å². The molecular weight excluding hydrogens is 246 g/mol. The van der Waals surface area contributed by atoms with Gasteiger partial charge in [-0.15, -0.1) is 11.3 Å². The molecule has 18 heavy (non-hydrogen) atoms. The van der Waals surface area contributed by atoms with Crippen molar-refractivity contribution in [3.63, 3.8) is 0 Å². The summed E-state index contributed by atoms with van der Waals surface area (Å²) < 4.78 is 0. The van der Waals surface area contributed by atoms with Gasteiger partial charge in [-0.2, -0.15) is 0 Å². The van der Waals surface area contributed by atoms with Gasteiger partial charge in [-0.1, -0.05) is 18.2 Å². The molecule has 5 heteroatoms. The number of benzene rings is 1. The normalized spacial score (nSPS) is 10.1. The van der Waals surface area contributed by atoms with E-state index in [0.29, 0.717) is 6.54 Å². The van der Waals surface area contributed by atoms with Crippen LogP contribution in [-0.4, -0.2) is 17.4 Å². The predicted octanol–water partition coefficient (Wildman–Crippen LogP) is 2.18. The van der Waals surface area contributed by atoms with Crippen molar-refractivity contribution in [1.82, 2.24) is 10.3 Å². The van der Waals surface area contributed by atoms with Crippen molar-refractivity contribution in [3.8, 4) is 0 Å². The molecule has 1 heterocycles. The summed E-state index contributed by atoms with van der Waals surface area (Å²) >= 11 is 1.60. The standard InChI is InChI=1S/C13H15N3OS/c1-10-14-7-12(18-10)8-16-13(17)9-15-11-5-3-2-4-6-11/h2-7,15H,8-9H2,1H3,(H,16,17). The third kappa shape index (κ3) is 3.85. The fourth-order valence-corrected chi connectivity index (χ4v) is 2.21. The molecule has 0 atom stereocenters. The monoisotopic (exact) mass is 261 g/mol. The molecule has 0 saturated carbocycles. The molecule has 2 aromatic rings. The molecule has 0 unspecified atom stereocenters. The highest BCUT2D eigenvalue weighted by atomic mass is 32.1. The molecule has 1 amide bonds. The van der Waals surface area contributed by atoms with Crippen LogP contribution in [-0.2, 0) is 11.3 Å². The van der Waals surface area contributed by atoms with Crippen molar-refractivity contribution >= 4 is 22.9 Å². The Bertz CT molecular complexity index is 510. The summed E-state index contributed by atoms with van der Waals surface area (Å²) in [7, 11) is 0. The van der Waals surface area contributed by atoms with E-state index in [2.05, 4.69) is 15.6 Å². The molecule has 1 aromatic heterocycles.